The van der Waals surface area contributed by atoms with Crippen molar-refractivity contribution in [2.75, 3.05) is 5.73 Å². The number of nitrogens with two attached hydrogens (primary N) is 1. The van der Waals surface area contributed by atoms with E-state index in [4.69, 9.17) is 5.73 Å². The van der Waals surface area contributed by atoms with E-state index in [0.717, 1.165) is 5.69 Å². The van der Waals surface area contributed by atoms with Gasteiger partial charge in [-0.2, -0.15) is 0 Å². The fourth-order valence-electron chi connectivity index (χ4n) is 0.507. The van der Waals surface area contributed by atoms with E-state index in [-0.39, 0.29) is 12.4 Å². The summed E-state index contributed by atoms with van der Waals surface area (Å²) in [6.45, 7) is 0. The summed E-state index contributed by atoms with van der Waals surface area (Å²) >= 11 is 2.23. The van der Waals surface area contributed by atoms with Crippen LogP contribution in [0.4, 0.5) is 5.69 Å². The zero-order valence-electron chi connectivity index (χ0n) is 4.67. The monoisotopic (exact) mass is 255 g/mol. The molecule has 0 aromatic heterocycles. The number of hydrogen-bond donors (Lipinski definition) is 1. The Bertz CT molecular complexity index is 173. The maximum atomic E-state index is 5.45. The van der Waals surface area contributed by atoms with Gasteiger partial charge in [-0.05, 0) is 40.8 Å². The summed E-state index contributed by atoms with van der Waals surface area (Å²) < 4.78 is 1.18. The number of hydrogen-bond acceptors (Lipinski definition) is 1. The number of rotatable bonds is 0. The Morgan fingerprint density at radius 3 is 2.33 bits per heavy atom. The van der Waals surface area contributed by atoms with Crippen LogP contribution in [-0.4, -0.2) is 0 Å². The van der Waals surface area contributed by atoms with Gasteiger partial charge in [0.15, 0.2) is 0 Å². The third kappa shape index (κ3) is 2.91. The highest BCUT2D eigenvalue weighted by molar-refractivity contribution is 14.1. The predicted octanol–water partition coefficient (Wildman–Crippen LogP) is 2.30. The molecule has 1 aromatic rings. The Kier molecular flexibility index (Phi) is 3.97. The van der Waals surface area contributed by atoms with Crippen molar-refractivity contribution in [1.82, 2.24) is 0 Å². The van der Waals surface area contributed by atoms with Crippen molar-refractivity contribution in [2.45, 2.75) is 0 Å². The van der Waals surface area contributed by atoms with Crippen molar-refractivity contribution >= 4 is 40.7 Å². The molecule has 0 aliphatic rings. The molecular formula is C6H7ClIN. The molecule has 2 N–H and O–H groups in total. The molecule has 1 nitrogen and oxygen atoms in total. The minimum Gasteiger partial charge on any atom is -0.399 e. The van der Waals surface area contributed by atoms with Gasteiger partial charge in [-0.25, -0.2) is 0 Å². The minimum absolute atomic E-state index is 0. The molecule has 0 aliphatic heterocycles. The molecule has 0 heterocycles. The summed E-state index contributed by atoms with van der Waals surface area (Å²) in [6.07, 6.45) is 0. The van der Waals surface area contributed by atoms with Crippen LogP contribution < -0.4 is 5.73 Å². The van der Waals surface area contributed by atoms with E-state index in [1.165, 1.54) is 3.57 Å². The van der Waals surface area contributed by atoms with Gasteiger partial charge in [-0.15, -0.1) is 12.4 Å². The fourth-order valence-corrected chi connectivity index (χ4v) is 1.07. The maximum absolute atomic E-state index is 5.45. The van der Waals surface area contributed by atoms with E-state index in [2.05, 4.69) is 22.6 Å². The fraction of sp³-hybridized carbons (Fsp3) is 0. The van der Waals surface area contributed by atoms with Crippen molar-refractivity contribution in [3.63, 3.8) is 0 Å². The number of benzene rings is 1. The van der Waals surface area contributed by atoms with Gasteiger partial charge in [0.1, 0.15) is 0 Å². The lowest BCUT2D eigenvalue weighted by Gasteiger charge is -1.89. The lowest BCUT2D eigenvalue weighted by molar-refractivity contribution is 1.63. The molecule has 9 heavy (non-hydrogen) atoms. The molecule has 1 rings (SSSR count). The molecule has 0 aliphatic carbocycles. The van der Waals surface area contributed by atoms with Crippen LogP contribution in [0.5, 0.6) is 0 Å². The van der Waals surface area contributed by atoms with Gasteiger partial charge in [-0.3, -0.25) is 0 Å². The first-order valence-corrected chi connectivity index (χ1v) is 3.38. The zero-order chi connectivity index (χ0) is 5.98. The van der Waals surface area contributed by atoms with Crippen LogP contribution in [0.25, 0.3) is 0 Å². The first-order chi connectivity index (χ1) is 3.79. The Morgan fingerprint density at radius 1 is 1.33 bits per heavy atom. The lowest BCUT2D eigenvalue weighted by atomic mass is 10.3. The van der Waals surface area contributed by atoms with Gasteiger partial charge >= 0.3 is 0 Å². The summed E-state index contributed by atoms with van der Waals surface area (Å²) in [5.41, 5.74) is 6.28. The molecular weight excluding hydrogens is 248 g/mol. The first kappa shape index (κ1) is 9.04. The van der Waals surface area contributed by atoms with Crippen molar-refractivity contribution in [3.05, 3.63) is 27.8 Å². The molecule has 0 fully saturated rings. The molecule has 0 radical (unpaired) electrons. The second-order valence-electron chi connectivity index (χ2n) is 1.56. The highest BCUT2D eigenvalue weighted by atomic mass is 127. The van der Waals surface area contributed by atoms with Crippen LogP contribution in [0.1, 0.15) is 0 Å². The first-order valence-electron chi connectivity index (χ1n) is 2.30. The Balaban J connectivity index is 0.000000640. The SMILES string of the molecule is Cl.Nc1cccc(I)c1. The molecule has 0 saturated carbocycles. The molecule has 0 bridgehead atoms. The van der Waals surface area contributed by atoms with E-state index in [0.29, 0.717) is 0 Å². The van der Waals surface area contributed by atoms with Crippen molar-refractivity contribution in [3.8, 4) is 0 Å². The molecule has 1 aromatic carbocycles. The van der Waals surface area contributed by atoms with Crippen LogP contribution in [0.15, 0.2) is 24.3 Å². The normalized spacial score (nSPS) is 8.11. The summed E-state index contributed by atoms with van der Waals surface area (Å²) in [7, 11) is 0. The van der Waals surface area contributed by atoms with Crippen LogP contribution in [0.2, 0.25) is 0 Å². The molecule has 50 valence electrons. The number of halogens is 2. The Morgan fingerprint density at radius 2 is 2.00 bits per heavy atom. The van der Waals surface area contributed by atoms with E-state index in [9.17, 15) is 0 Å². The van der Waals surface area contributed by atoms with Crippen molar-refractivity contribution in [2.24, 2.45) is 0 Å². The van der Waals surface area contributed by atoms with E-state index in [1.807, 2.05) is 24.3 Å². The van der Waals surface area contributed by atoms with Gasteiger partial charge in [0.2, 0.25) is 0 Å². The van der Waals surface area contributed by atoms with Crippen LogP contribution in [0.3, 0.4) is 0 Å². The van der Waals surface area contributed by atoms with Crippen LogP contribution in [0, 0.1) is 3.57 Å². The van der Waals surface area contributed by atoms with Gasteiger partial charge in [-0.1, -0.05) is 6.07 Å². The second kappa shape index (κ2) is 3.95. The van der Waals surface area contributed by atoms with E-state index >= 15 is 0 Å². The molecule has 0 amide bonds. The Hall–Kier alpha value is 0.0400. The average molecular weight is 255 g/mol. The van der Waals surface area contributed by atoms with Gasteiger partial charge in [0, 0.05) is 9.26 Å². The molecule has 0 atom stereocenters. The third-order valence-electron chi connectivity index (χ3n) is 0.849. The molecule has 0 spiro atoms. The summed E-state index contributed by atoms with van der Waals surface area (Å²) in [5.74, 6) is 0. The van der Waals surface area contributed by atoms with E-state index in [1.54, 1.807) is 0 Å². The van der Waals surface area contributed by atoms with Crippen LogP contribution >= 0.6 is 35.0 Å². The number of nitrogen functional groups attached to an aromatic ring is 1. The lowest BCUT2D eigenvalue weighted by Crippen LogP contribution is -1.82. The summed E-state index contributed by atoms with van der Waals surface area (Å²) in [5, 5.41) is 0. The van der Waals surface area contributed by atoms with Gasteiger partial charge in [0.05, 0.1) is 0 Å². The zero-order valence-corrected chi connectivity index (χ0v) is 7.65. The average Bonchev–Trinajstić information content (AvgIpc) is 1.64. The molecule has 0 saturated heterocycles. The predicted molar refractivity (Wildman–Crippen MR) is 50.8 cm³/mol. The quantitative estimate of drug-likeness (QED) is 0.559. The van der Waals surface area contributed by atoms with Crippen LogP contribution in [-0.2, 0) is 0 Å². The highest BCUT2D eigenvalue weighted by Crippen LogP contribution is 2.07. The summed E-state index contributed by atoms with van der Waals surface area (Å²) in [6, 6.07) is 7.76. The summed E-state index contributed by atoms with van der Waals surface area (Å²) in [4.78, 5) is 0. The van der Waals surface area contributed by atoms with Gasteiger partial charge < -0.3 is 5.73 Å². The molecule has 3 heteroatoms. The standard InChI is InChI=1S/C6H6IN.ClH/c7-5-2-1-3-6(8)4-5;/h1-4H,8H2;1H. The minimum atomic E-state index is 0. The smallest absolute Gasteiger partial charge is 0.0324 e. The van der Waals surface area contributed by atoms with E-state index < -0.39 is 0 Å². The molecule has 0 unspecified atom stereocenters. The second-order valence-corrected chi connectivity index (χ2v) is 2.80. The largest absolute Gasteiger partial charge is 0.399 e. The maximum Gasteiger partial charge on any atom is 0.0324 e. The number of anilines is 1. The highest BCUT2D eigenvalue weighted by Gasteiger charge is 1.82. The van der Waals surface area contributed by atoms with Crippen molar-refractivity contribution < 1.29 is 0 Å². The van der Waals surface area contributed by atoms with Gasteiger partial charge in [0.25, 0.3) is 0 Å². The Labute approximate surface area is 74.2 Å². The van der Waals surface area contributed by atoms with Crippen molar-refractivity contribution in [1.29, 1.82) is 0 Å². The topological polar surface area (TPSA) is 26.0 Å². The third-order valence-corrected chi connectivity index (χ3v) is 1.52.